The van der Waals surface area contributed by atoms with E-state index >= 15 is 0 Å². The van der Waals surface area contributed by atoms with Crippen LogP contribution in [0.3, 0.4) is 0 Å². The number of nitrogens with one attached hydrogen (secondary N) is 1. The molecule has 98 valence electrons. The summed E-state index contributed by atoms with van der Waals surface area (Å²) in [4.78, 5) is 4.46. The molecular formula is C14H21N3O. The highest BCUT2D eigenvalue weighted by molar-refractivity contribution is 5.80. The van der Waals surface area contributed by atoms with Crippen LogP contribution < -0.4 is 5.32 Å². The van der Waals surface area contributed by atoms with Crippen LogP contribution in [0.1, 0.15) is 18.9 Å². The second-order valence-electron chi connectivity index (χ2n) is 4.37. The highest BCUT2D eigenvalue weighted by Gasteiger charge is 2.08. The Morgan fingerprint density at radius 1 is 1.39 bits per heavy atom. The summed E-state index contributed by atoms with van der Waals surface area (Å²) in [7, 11) is 1.96. The minimum absolute atomic E-state index is 0.743. The predicted octanol–water partition coefficient (Wildman–Crippen LogP) is 2.18. The smallest absolute Gasteiger partial charge is 0.140 e. The van der Waals surface area contributed by atoms with Gasteiger partial charge in [-0.2, -0.15) is 0 Å². The molecule has 0 saturated heterocycles. The minimum atomic E-state index is 0.743. The molecule has 0 unspecified atom stereocenters. The van der Waals surface area contributed by atoms with Gasteiger partial charge in [-0.1, -0.05) is 6.92 Å². The number of hydrogen-bond donors (Lipinski definition) is 1. The highest BCUT2D eigenvalue weighted by Crippen LogP contribution is 2.19. The third kappa shape index (κ3) is 2.89. The van der Waals surface area contributed by atoms with E-state index in [0.29, 0.717) is 0 Å². The van der Waals surface area contributed by atoms with Crippen LogP contribution in [0.4, 0.5) is 0 Å². The number of hydrogen-bond acceptors (Lipinski definition) is 3. The van der Waals surface area contributed by atoms with Crippen molar-refractivity contribution < 1.29 is 4.74 Å². The summed E-state index contributed by atoms with van der Waals surface area (Å²) in [5.41, 5.74) is 2.33. The molecule has 4 nitrogen and oxygen atoms in total. The molecule has 0 aliphatic heterocycles. The lowest BCUT2D eigenvalue weighted by Gasteiger charge is -2.05. The van der Waals surface area contributed by atoms with E-state index in [0.717, 1.165) is 38.4 Å². The first-order valence-corrected chi connectivity index (χ1v) is 6.52. The van der Waals surface area contributed by atoms with Gasteiger partial charge >= 0.3 is 0 Å². The molecule has 4 heteroatoms. The quantitative estimate of drug-likeness (QED) is 0.762. The van der Waals surface area contributed by atoms with Crippen LogP contribution in [0.2, 0.25) is 0 Å². The van der Waals surface area contributed by atoms with E-state index in [1.807, 2.05) is 19.3 Å². The van der Waals surface area contributed by atoms with Crippen molar-refractivity contribution in [2.24, 2.45) is 0 Å². The fourth-order valence-electron chi connectivity index (χ4n) is 2.11. The Bertz CT molecular complexity index is 493. The molecule has 0 fully saturated rings. The molecule has 0 spiro atoms. The second kappa shape index (κ2) is 6.52. The molecule has 0 radical (unpaired) electrons. The standard InChI is InChI=1S/C14H21N3O/c1-3-8-18-9-7-17-11-12(10-15-2)13-5-4-6-16-14(13)17/h4-6,11,15H,3,7-10H2,1-2H3. The normalized spacial score (nSPS) is 11.2. The molecule has 18 heavy (non-hydrogen) atoms. The molecule has 1 N–H and O–H groups in total. The molecule has 0 atom stereocenters. The number of fused-ring (bicyclic) bond motifs is 1. The van der Waals surface area contributed by atoms with Gasteiger partial charge in [-0.05, 0) is 31.2 Å². The minimum Gasteiger partial charge on any atom is -0.380 e. The Morgan fingerprint density at radius 3 is 3.06 bits per heavy atom. The largest absolute Gasteiger partial charge is 0.380 e. The van der Waals surface area contributed by atoms with Crippen molar-refractivity contribution in [2.75, 3.05) is 20.3 Å². The lowest BCUT2D eigenvalue weighted by atomic mass is 10.2. The molecule has 2 aromatic heterocycles. The predicted molar refractivity (Wildman–Crippen MR) is 73.6 cm³/mol. The molecule has 0 aromatic carbocycles. The average molecular weight is 247 g/mol. The fraction of sp³-hybridized carbons (Fsp3) is 0.500. The first-order chi connectivity index (χ1) is 8.86. The molecule has 0 aliphatic carbocycles. The van der Waals surface area contributed by atoms with Crippen LogP contribution in [0.5, 0.6) is 0 Å². The summed E-state index contributed by atoms with van der Waals surface area (Å²) in [5.74, 6) is 0. The number of aromatic nitrogens is 2. The van der Waals surface area contributed by atoms with Crippen LogP contribution in [0.25, 0.3) is 11.0 Å². The zero-order valence-electron chi connectivity index (χ0n) is 11.1. The second-order valence-corrected chi connectivity index (χ2v) is 4.37. The van der Waals surface area contributed by atoms with Crippen molar-refractivity contribution in [1.29, 1.82) is 0 Å². The number of nitrogens with zero attached hydrogens (tertiary/aromatic N) is 2. The van der Waals surface area contributed by atoms with Gasteiger partial charge in [0.1, 0.15) is 5.65 Å². The zero-order valence-corrected chi connectivity index (χ0v) is 11.1. The molecule has 2 aromatic rings. The van der Waals surface area contributed by atoms with E-state index in [1.54, 1.807) is 0 Å². The van der Waals surface area contributed by atoms with Gasteiger partial charge in [-0.15, -0.1) is 0 Å². The van der Waals surface area contributed by atoms with Gasteiger partial charge in [0, 0.05) is 37.5 Å². The Labute approximate surface area is 108 Å². The molecule has 0 amide bonds. The molecule has 2 heterocycles. The van der Waals surface area contributed by atoms with Crippen LogP contribution >= 0.6 is 0 Å². The summed E-state index contributed by atoms with van der Waals surface area (Å²) in [5, 5.41) is 4.42. The van der Waals surface area contributed by atoms with Crippen LogP contribution in [0, 0.1) is 0 Å². The van der Waals surface area contributed by atoms with Crippen molar-refractivity contribution in [2.45, 2.75) is 26.4 Å². The first-order valence-electron chi connectivity index (χ1n) is 6.52. The number of pyridine rings is 1. The molecular weight excluding hydrogens is 226 g/mol. The Hall–Kier alpha value is -1.39. The van der Waals surface area contributed by atoms with Gasteiger partial charge in [0.15, 0.2) is 0 Å². The lowest BCUT2D eigenvalue weighted by Crippen LogP contribution is -2.06. The summed E-state index contributed by atoms with van der Waals surface area (Å²) in [6.45, 7) is 5.42. The summed E-state index contributed by atoms with van der Waals surface area (Å²) in [6.07, 6.45) is 5.08. The maximum atomic E-state index is 5.54. The zero-order chi connectivity index (χ0) is 12.8. The molecule has 0 saturated carbocycles. The van der Waals surface area contributed by atoms with Crippen molar-refractivity contribution in [3.05, 3.63) is 30.1 Å². The van der Waals surface area contributed by atoms with Crippen molar-refractivity contribution >= 4 is 11.0 Å². The van der Waals surface area contributed by atoms with Crippen molar-refractivity contribution in [3.63, 3.8) is 0 Å². The summed E-state index contributed by atoms with van der Waals surface area (Å²) < 4.78 is 7.72. The topological polar surface area (TPSA) is 39.1 Å². The monoisotopic (exact) mass is 247 g/mol. The van der Waals surface area contributed by atoms with Crippen molar-refractivity contribution in [3.8, 4) is 0 Å². The summed E-state index contributed by atoms with van der Waals surface area (Å²) >= 11 is 0. The van der Waals surface area contributed by atoms with Crippen LogP contribution in [0.15, 0.2) is 24.5 Å². The lowest BCUT2D eigenvalue weighted by molar-refractivity contribution is 0.127. The first kappa shape index (κ1) is 13.1. The van der Waals surface area contributed by atoms with Crippen molar-refractivity contribution in [1.82, 2.24) is 14.9 Å². The van der Waals surface area contributed by atoms with Crippen LogP contribution in [-0.2, 0) is 17.8 Å². The SMILES string of the molecule is CCCOCCn1cc(CNC)c2cccnc21. The third-order valence-corrected chi connectivity index (χ3v) is 2.91. The van der Waals surface area contributed by atoms with E-state index in [2.05, 4.69) is 34.1 Å². The van der Waals surface area contributed by atoms with Gasteiger partial charge in [0.2, 0.25) is 0 Å². The Kier molecular flexibility index (Phi) is 4.73. The van der Waals surface area contributed by atoms with E-state index in [-0.39, 0.29) is 0 Å². The van der Waals surface area contributed by atoms with Gasteiger partial charge in [-0.3, -0.25) is 0 Å². The number of rotatable bonds is 7. The fourth-order valence-corrected chi connectivity index (χ4v) is 2.11. The van der Waals surface area contributed by atoms with E-state index in [1.165, 1.54) is 10.9 Å². The third-order valence-electron chi connectivity index (χ3n) is 2.91. The van der Waals surface area contributed by atoms with Gasteiger partial charge in [0.25, 0.3) is 0 Å². The summed E-state index contributed by atoms with van der Waals surface area (Å²) in [6, 6.07) is 4.11. The van der Waals surface area contributed by atoms with Gasteiger partial charge in [0.05, 0.1) is 6.61 Å². The van der Waals surface area contributed by atoms with E-state index < -0.39 is 0 Å². The number of ether oxygens (including phenoxy) is 1. The van der Waals surface area contributed by atoms with E-state index in [9.17, 15) is 0 Å². The maximum Gasteiger partial charge on any atom is 0.140 e. The Balaban J connectivity index is 2.16. The van der Waals surface area contributed by atoms with Crippen LogP contribution in [-0.4, -0.2) is 29.8 Å². The maximum absolute atomic E-state index is 5.54. The molecule has 0 bridgehead atoms. The van der Waals surface area contributed by atoms with E-state index in [4.69, 9.17) is 4.74 Å². The molecule has 2 rings (SSSR count). The van der Waals surface area contributed by atoms with Gasteiger partial charge < -0.3 is 14.6 Å². The highest BCUT2D eigenvalue weighted by atomic mass is 16.5. The average Bonchev–Trinajstić information content (AvgIpc) is 2.74. The van der Waals surface area contributed by atoms with Gasteiger partial charge in [-0.25, -0.2) is 4.98 Å². The Morgan fingerprint density at radius 2 is 2.28 bits per heavy atom. The molecule has 0 aliphatic rings.